The smallest absolute Gasteiger partial charge is 0.257 e. The van der Waals surface area contributed by atoms with Gasteiger partial charge in [0.05, 0.1) is 6.04 Å². The Labute approximate surface area is 76.9 Å². The van der Waals surface area contributed by atoms with Crippen LogP contribution < -0.4 is 0 Å². The molecule has 1 saturated heterocycles. The first-order valence-corrected chi connectivity index (χ1v) is 4.39. The van der Waals surface area contributed by atoms with Gasteiger partial charge in [0, 0.05) is 19.4 Å². The second kappa shape index (κ2) is 3.44. The minimum absolute atomic E-state index is 0.0202. The van der Waals surface area contributed by atoms with Gasteiger partial charge < -0.3 is 4.90 Å². The van der Waals surface area contributed by atoms with Crippen LogP contribution in [0.2, 0.25) is 0 Å². The van der Waals surface area contributed by atoms with E-state index >= 15 is 0 Å². The number of nitrogens with zero attached hydrogens (tertiary/aromatic N) is 1. The Balaban J connectivity index is 2.74. The van der Waals surface area contributed by atoms with Crippen LogP contribution in [-0.4, -0.2) is 35.9 Å². The van der Waals surface area contributed by atoms with E-state index in [-0.39, 0.29) is 18.1 Å². The molecule has 1 rings (SSSR count). The highest BCUT2D eigenvalue weighted by molar-refractivity contribution is 5.94. The number of ketones is 1. The molecule has 0 unspecified atom stereocenters. The minimum Gasteiger partial charge on any atom is -0.333 e. The molecular weight excluding hydrogens is 173 g/mol. The fraction of sp³-hybridized carbons (Fsp3) is 0.778. The van der Waals surface area contributed by atoms with Crippen molar-refractivity contribution in [3.63, 3.8) is 0 Å². The molecule has 0 aromatic rings. The maximum absolute atomic E-state index is 12.9. The summed E-state index contributed by atoms with van der Waals surface area (Å²) in [4.78, 5) is 23.7. The lowest BCUT2D eigenvalue weighted by Gasteiger charge is -2.19. The molecule has 0 bridgehead atoms. The van der Waals surface area contributed by atoms with Gasteiger partial charge in [-0.1, -0.05) is 13.8 Å². The van der Waals surface area contributed by atoms with Gasteiger partial charge in [-0.3, -0.25) is 9.59 Å². The van der Waals surface area contributed by atoms with Crippen molar-refractivity contribution in [2.24, 2.45) is 5.92 Å². The van der Waals surface area contributed by atoms with Crippen LogP contribution in [0.3, 0.4) is 0 Å². The Hall–Kier alpha value is -0.930. The Morgan fingerprint density at radius 2 is 2.15 bits per heavy atom. The van der Waals surface area contributed by atoms with Gasteiger partial charge in [0.1, 0.15) is 0 Å². The topological polar surface area (TPSA) is 37.4 Å². The van der Waals surface area contributed by atoms with Gasteiger partial charge >= 0.3 is 0 Å². The van der Waals surface area contributed by atoms with Crippen molar-refractivity contribution in [3.8, 4) is 0 Å². The third-order valence-electron chi connectivity index (χ3n) is 2.41. The molecule has 0 radical (unpaired) electrons. The van der Waals surface area contributed by atoms with Crippen LogP contribution in [0.5, 0.6) is 0 Å². The molecule has 0 N–H and O–H groups in total. The summed E-state index contributed by atoms with van der Waals surface area (Å²) in [6.07, 6.45) is -1.47. The van der Waals surface area contributed by atoms with E-state index in [1.165, 1.54) is 11.9 Å². The third kappa shape index (κ3) is 1.71. The van der Waals surface area contributed by atoms with Crippen molar-refractivity contribution >= 4 is 11.7 Å². The van der Waals surface area contributed by atoms with E-state index < -0.39 is 18.1 Å². The van der Waals surface area contributed by atoms with E-state index in [1.54, 1.807) is 13.8 Å². The fourth-order valence-corrected chi connectivity index (χ4v) is 1.52. The third-order valence-corrected chi connectivity index (χ3v) is 2.41. The number of carbonyl (C=O) groups is 2. The summed E-state index contributed by atoms with van der Waals surface area (Å²) in [7, 11) is 1.48. The van der Waals surface area contributed by atoms with Crippen LogP contribution in [0.1, 0.15) is 20.3 Å². The molecule has 1 fully saturated rings. The number of halogens is 1. The molecule has 0 saturated carbocycles. The van der Waals surface area contributed by atoms with Gasteiger partial charge in [0.25, 0.3) is 5.91 Å². The summed E-state index contributed by atoms with van der Waals surface area (Å²) in [6, 6.07) is -0.553. The van der Waals surface area contributed by atoms with E-state index in [4.69, 9.17) is 0 Å². The first-order valence-electron chi connectivity index (χ1n) is 4.39. The lowest BCUT2D eigenvalue weighted by Crippen LogP contribution is -2.37. The monoisotopic (exact) mass is 187 g/mol. The van der Waals surface area contributed by atoms with Gasteiger partial charge in [-0.2, -0.15) is 0 Å². The van der Waals surface area contributed by atoms with Crippen LogP contribution in [0.15, 0.2) is 0 Å². The number of amides is 1. The number of hydrogen-bond acceptors (Lipinski definition) is 2. The normalized spacial score (nSPS) is 28.7. The second-order valence-corrected chi connectivity index (χ2v) is 3.73. The highest BCUT2D eigenvalue weighted by Gasteiger charge is 2.41. The van der Waals surface area contributed by atoms with Crippen LogP contribution in [0.4, 0.5) is 4.39 Å². The van der Waals surface area contributed by atoms with Gasteiger partial charge in [-0.25, -0.2) is 4.39 Å². The number of carbonyl (C=O) groups excluding carboxylic acids is 2. The summed E-state index contributed by atoms with van der Waals surface area (Å²) in [6.45, 7) is 3.51. The van der Waals surface area contributed by atoms with Crippen molar-refractivity contribution in [2.75, 3.05) is 7.05 Å². The molecule has 0 aliphatic carbocycles. The van der Waals surface area contributed by atoms with E-state index in [0.29, 0.717) is 0 Å². The van der Waals surface area contributed by atoms with Crippen LogP contribution in [0.25, 0.3) is 0 Å². The van der Waals surface area contributed by atoms with Crippen molar-refractivity contribution in [3.05, 3.63) is 0 Å². The Morgan fingerprint density at radius 3 is 2.46 bits per heavy atom. The summed E-state index contributed by atoms with van der Waals surface area (Å²) in [5.74, 6) is -0.777. The van der Waals surface area contributed by atoms with Gasteiger partial charge in [0.15, 0.2) is 12.0 Å². The number of likely N-dealkylation sites (N-methyl/N-ethyl adjacent to an activating group) is 1. The first-order chi connectivity index (χ1) is 5.95. The Kier molecular flexibility index (Phi) is 2.68. The summed E-state index contributed by atoms with van der Waals surface area (Å²) < 4.78 is 12.9. The maximum atomic E-state index is 12.9. The molecule has 1 aliphatic heterocycles. The number of Topliss-reactive ketones (excluding diaryl/α,β-unsaturated/α-hetero) is 1. The predicted octanol–water partition coefficient (Wildman–Crippen LogP) is 0.780. The van der Waals surface area contributed by atoms with Gasteiger partial charge in [-0.15, -0.1) is 0 Å². The molecule has 0 spiro atoms. The molecule has 4 heteroatoms. The zero-order valence-corrected chi connectivity index (χ0v) is 8.08. The maximum Gasteiger partial charge on any atom is 0.257 e. The molecule has 1 amide bonds. The Bertz CT molecular complexity index is 240. The number of likely N-dealkylation sites (tertiary alicyclic amines) is 1. The van der Waals surface area contributed by atoms with Gasteiger partial charge in [0.2, 0.25) is 0 Å². The second-order valence-electron chi connectivity index (χ2n) is 3.73. The van der Waals surface area contributed by atoms with E-state index in [0.717, 1.165) is 0 Å². The molecule has 0 aromatic heterocycles. The Morgan fingerprint density at radius 1 is 1.62 bits per heavy atom. The van der Waals surface area contributed by atoms with Crippen molar-refractivity contribution < 1.29 is 14.0 Å². The predicted molar refractivity (Wildman–Crippen MR) is 45.9 cm³/mol. The molecule has 13 heavy (non-hydrogen) atoms. The van der Waals surface area contributed by atoms with E-state index in [1.807, 2.05) is 0 Å². The highest BCUT2D eigenvalue weighted by atomic mass is 19.1. The number of hydrogen-bond donors (Lipinski definition) is 0. The zero-order valence-electron chi connectivity index (χ0n) is 8.08. The standard InChI is InChI=1S/C9H14FNO2/c1-5(2)8(12)7-4-6(10)9(13)11(7)3/h5-7H,4H2,1-3H3/t6-,7+/m1/s1. The zero-order chi connectivity index (χ0) is 10.2. The van der Waals surface area contributed by atoms with Crippen LogP contribution in [-0.2, 0) is 9.59 Å². The molecule has 1 aliphatic rings. The van der Waals surface area contributed by atoms with Crippen molar-refractivity contribution in [1.82, 2.24) is 4.90 Å². The molecule has 74 valence electrons. The van der Waals surface area contributed by atoms with Crippen molar-refractivity contribution in [2.45, 2.75) is 32.5 Å². The highest BCUT2D eigenvalue weighted by Crippen LogP contribution is 2.22. The van der Waals surface area contributed by atoms with E-state index in [2.05, 4.69) is 0 Å². The van der Waals surface area contributed by atoms with Crippen LogP contribution >= 0.6 is 0 Å². The van der Waals surface area contributed by atoms with Crippen molar-refractivity contribution in [1.29, 1.82) is 0 Å². The van der Waals surface area contributed by atoms with Gasteiger partial charge in [-0.05, 0) is 0 Å². The lowest BCUT2D eigenvalue weighted by atomic mass is 10.00. The minimum atomic E-state index is -1.49. The average molecular weight is 187 g/mol. The summed E-state index contributed by atoms with van der Waals surface area (Å²) in [5, 5.41) is 0. The SMILES string of the molecule is CC(C)C(=O)[C@@H]1C[C@@H](F)C(=O)N1C. The molecule has 3 nitrogen and oxygen atoms in total. The molecule has 0 aromatic carbocycles. The molecule has 2 atom stereocenters. The lowest BCUT2D eigenvalue weighted by molar-refractivity contribution is -0.135. The number of alkyl halides is 1. The number of rotatable bonds is 2. The molecular formula is C9H14FNO2. The largest absolute Gasteiger partial charge is 0.333 e. The molecule has 1 heterocycles. The fourth-order valence-electron chi connectivity index (χ4n) is 1.52. The van der Waals surface area contributed by atoms with E-state index in [9.17, 15) is 14.0 Å². The summed E-state index contributed by atoms with van der Waals surface area (Å²) >= 11 is 0. The van der Waals surface area contributed by atoms with Crippen LogP contribution in [0, 0.1) is 5.92 Å². The first kappa shape index (κ1) is 10.2. The average Bonchev–Trinajstić information content (AvgIpc) is 2.31. The quantitative estimate of drug-likeness (QED) is 0.640. The summed E-state index contributed by atoms with van der Waals surface area (Å²) in [5.41, 5.74) is 0.